The summed E-state index contributed by atoms with van der Waals surface area (Å²) >= 11 is 0. The molecule has 4 heterocycles. The molecule has 0 saturated carbocycles. The van der Waals surface area contributed by atoms with Gasteiger partial charge in [-0.15, -0.1) is 10.2 Å². The van der Waals surface area contributed by atoms with E-state index in [0.717, 1.165) is 30.9 Å². The van der Waals surface area contributed by atoms with Crippen molar-refractivity contribution in [1.29, 1.82) is 0 Å². The van der Waals surface area contributed by atoms with Crippen molar-refractivity contribution in [3.05, 3.63) is 42.0 Å². The molecule has 0 radical (unpaired) electrons. The predicted molar refractivity (Wildman–Crippen MR) is 100 cm³/mol. The van der Waals surface area contributed by atoms with Gasteiger partial charge in [-0.1, -0.05) is 0 Å². The topological polar surface area (TPSA) is 65.5 Å². The van der Waals surface area contributed by atoms with Gasteiger partial charge < -0.3 is 14.7 Å². The Kier molecular flexibility index (Phi) is 5.13. The van der Waals surface area contributed by atoms with Crippen molar-refractivity contribution in [2.75, 3.05) is 49.1 Å². The number of anilines is 2. The van der Waals surface area contributed by atoms with Crippen LogP contribution in [0.25, 0.3) is 0 Å². The van der Waals surface area contributed by atoms with Crippen LogP contribution in [0.5, 0.6) is 0 Å². The van der Waals surface area contributed by atoms with Crippen LogP contribution in [-0.4, -0.2) is 65.3 Å². The monoisotopic (exact) mass is 370 g/mol. The molecule has 0 atom stereocenters. The van der Waals surface area contributed by atoms with E-state index in [-0.39, 0.29) is 11.5 Å². The molecule has 0 unspecified atom stereocenters. The maximum Gasteiger partial charge on any atom is 0.257 e. The minimum atomic E-state index is -0.580. The molecule has 2 saturated heterocycles. The van der Waals surface area contributed by atoms with Gasteiger partial charge in [-0.3, -0.25) is 9.78 Å². The molecule has 4 rings (SSSR count). The van der Waals surface area contributed by atoms with Gasteiger partial charge in [-0.05, 0) is 37.5 Å². The van der Waals surface area contributed by atoms with Gasteiger partial charge in [0.15, 0.2) is 17.5 Å². The van der Waals surface area contributed by atoms with E-state index in [2.05, 4.69) is 25.0 Å². The number of hydrogen-bond donors (Lipinski definition) is 0. The standard InChI is InChI=1S/C19H23FN6O/c20-16-14-21-7-6-15(16)19(27)26-12-10-25(11-13-26)18-5-4-17(22-23-18)24-8-2-1-3-9-24/h4-7,14H,1-3,8-13H2. The molecule has 0 aromatic carbocycles. The number of nitrogens with zero attached hydrogens (tertiary/aromatic N) is 6. The quantitative estimate of drug-likeness (QED) is 0.823. The van der Waals surface area contributed by atoms with Crippen LogP contribution in [-0.2, 0) is 0 Å². The van der Waals surface area contributed by atoms with E-state index in [1.54, 1.807) is 4.90 Å². The fraction of sp³-hybridized carbons (Fsp3) is 0.474. The van der Waals surface area contributed by atoms with Gasteiger partial charge in [0.05, 0.1) is 11.8 Å². The molecule has 142 valence electrons. The molecule has 8 heteroatoms. The SMILES string of the molecule is O=C(c1ccncc1F)N1CCN(c2ccc(N3CCCCC3)nn2)CC1. The van der Waals surface area contributed by atoms with Crippen LogP contribution in [0.2, 0.25) is 0 Å². The van der Waals surface area contributed by atoms with Crippen LogP contribution in [0.4, 0.5) is 16.0 Å². The van der Waals surface area contributed by atoms with E-state index in [4.69, 9.17) is 0 Å². The van der Waals surface area contributed by atoms with Crippen LogP contribution in [0, 0.1) is 5.82 Å². The Labute approximate surface area is 157 Å². The predicted octanol–water partition coefficient (Wildman–Crippen LogP) is 1.96. The summed E-state index contributed by atoms with van der Waals surface area (Å²) < 4.78 is 13.8. The first-order valence-electron chi connectivity index (χ1n) is 9.45. The minimum absolute atomic E-state index is 0.0733. The zero-order valence-corrected chi connectivity index (χ0v) is 15.2. The van der Waals surface area contributed by atoms with Crippen molar-refractivity contribution in [1.82, 2.24) is 20.1 Å². The van der Waals surface area contributed by atoms with E-state index in [0.29, 0.717) is 26.2 Å². The average molecular weight is 370 g/mol. The van der Waals surface area contributed by atoms with Crippen molar-refractivity contribution in [2.45, 2.75) is 19.3 Å². The Morgan fingerprint density at radius 2 is 1.48 bits per heavy atom. The number of amides is 1. The molecule has 0 bridgehead atoms. The van der Waals surface area contributed by atoms with Crippen molar-refractivity contribution < 1.29 is 9.18 Å². The number of aromatic nitrogens is 3. The second kappa shape index (κ2) is 7.85. The molecule has 0 N–H and O–H groups in total. The summed E-state index contributed by atoms with van der Waals surface area (Å²) in [5.41, 5.74) is 0.0733. The molecule has 27 heavy (non-hydrogen) atoms. The van der Waals surface area contributed by atoms with Crippen LogP contribution in [0.3, 0.4) is 0 Å². The van der Waals surface area contributed by atoms with Crippen molar-refractivity contribution in [3.63, 3.8) is 0 Å². The second-order valence-corrected chi connectivity index (χ2v) is 6.93. The maximum atomic E-state index is 13.8. The lowest BCUT2D eigenvalue weighted by Crippen LogP contribution is -2.49. The number of piperazine rings is 1. The zero-order valence-electron chi connectivity index (χ0n) is 15.2. The number of hydrogen-bond acceptors (Lipinski definition) is 6. The summed E-state index contributed by atoms with van der Waals surface area (Å²) in [7, 11) is 0. The van der Waals surface area contributed by atoms with E-state index < -0.39 is 5.82 Å². The van der Waals surface area contributed by atoms with Crippen molar-refractivity contribution in [2.24, 2.45) is 0 Å². The number of piperidine rings is 1. The van der Waals surface area contributed by atoms with E-state index in [1.165, 1.54) is 31.5 Å². The third-order valence-electron chi connectivity index (χ3n) is 5.21. The molecule has 2 fully saturated rings. The Bertz CT molecular complexity index is 785. The summed E-state index contributed by atoms with van der Waals surface area (Å²) in [5, 5.41) is 8.77. The first kappa shape index (κ1) is 17.6. The Balaban J connectivity index is 1.36. The first-order valence-corrected chi connectivity index (χ1v) is 9.45. The lowest BCUT2D eigenvalue weighted by Gasteiger charge is -2.35. The van der Waals surface area contributed by atoms with Crippen LogP contribution in [0.15, 0.2) is 30.6 Å². The molecule has 2 aliphatic rings. The normalized spacial score (nSPS) is 17.9. The van der Waals surface area contributed by atoms with E-state index >= 15 is 0 Å². The molecular formula is C19H23FN6O. The lowest BCUT2D eigenvalue weighted by molar-refractivity contribution is 0.0741. The van der Waals surface area contributed by atoms with Crippen LogP contribution >= 0.6 is 0 Å². The Morgan fingerprint density at radius 3 is 2.07 bits per heavy atom. The fourth-order valence-corrected chi connectivity index (χ4v) is 3.64. The van der Waals surface area contributed by atoms with Crippen molar-refractivity contribution in [3.8, 4) is 0 Å². The van der Waals surface area contributed by atoms with Gasteiger partial charge >= 0.3 is 0 Å². The molecule has 7 nitrogen and oxygen atoms in total. The third kappa shape index (κ3) is 3.84. The highest BCUT2D eigenvalue weighted by Gasteiger charge is 2.25. The van der Waals surface area contributed by atoms with Crippen molar-refractivity contribution >= 4 is 17.5 Å². The second-order valence-electron chi connectivity index (χ2n) is 6.93. The maximum absolute atomic E-state index is 13.8. The molecule has 1 amide bonds. The molecule has 0 aliphatic carbocycles. The lowest BCUT2D eigenvalue weighted by atomic mass is 10.1. The summed E-state index contributed by atoms with van der Waals surface area (Å²) in [6, 6.07) is 5.45. The number of halogens is 1. The summed E-state index contributed by atoms with van der Waals surface area (Å²) in [6.45, 7) is 4.43. The molecular weight excluding hydrogens is 347 g/mol. The van der Waals surface area contributed by atoms with E-state index in [9.17, 15) is 9.18 Å². The van der Waals surface area contributed by atoms with Gasteiger partial charge in [-0.2, -0.15) is 0 Å². The van der Waals surface area contributed by atoms with Gasteiger partial charge in [-0.25, -0.2) is 4.39 Å². The molecule has 2 aromatic heterocycles. The summed E-state index contributed by atoms with van der Waals surface area (Å²) in [5.74, 6) is 0.878. The number of rotatable bonds is 3. The van der Waals surface area contributed by atoms with Crippen LogP contribution in [0.1, 0.15) is 29.6 Å². The third-order valence-corrected chi connectivity index (χ3v) is 5.21. The molecule has 2 aliphatic heterocycles. The largest absolute Gasteiger partial charge is 0.355 e. The van der Waals surface area contributed by atoms with Crippen LogP contribution < -0.4 is 9.80 Å². The average Bonchev–Trinajstić information content (AvgIpc) is 2.74. The minimum Gasteiger partial charge on any atom is -0.355 e. The highest BCUT2D eigenvalue weighted by atomic mass is 19.1. The number of carbonyl (C=O) groups is 1. The van der Waals surface area contributed by atoms with Gasteiger partial charge in [0.25, 0.3) is 5.91 Å². The molecule has 0 spiro atoms. The Hall–Kier alpha value is -2.77. The highest BCUT2D eigenvalue weighted by molar-refractivity contribution is 5.94. The zero-order chi connectivity index (χ0) is 18.6. The van der Waals surface area contributed by atoms with E-state index in [1.807, 2.05) is 12.1 Å². The summed E-state index contributed by atoms with van der Waals surface area (Å²) in [6.07, 6.45) is 6.21. The fourth-order valence-electron chi connectivity index (χ4n) is 3.64. The van der Waals surface area contributed by atoms with Gasteiger partial charge in [0.2, 0.25) is 0 Å². The smallest absolute Gasteiger partial charge is 0.257 e. The number of carbonyl (C=O) groups excluding carboxylic acids is 1. The van der Waals surface area contributed by atoms with Gasteiger partial charge in [0, 0.05) is 45.5 Å². The Morgan fingerprint density at radius 1 is 0.852 bits per heavy atom. The summed E-state index contributed by atoms with van der Waals surface area (Å²) in [4.78, 5) is 22.2. The first-order chi connectivity index (χ1) is 13.2. The molecule has 2 aromatic rings. The number of pyridine rings is 1. The van der Waals surface area contributed by atoms with Gasteiger partial charge in [0.1, 0.15) is 0 Å². The highest BCUT2D eigenvalue weighted by Crippen LogP contribution is 2.20.